The van der Waals surface area contributed by atoms with Gasteiger partial charge in [-0.15, -0.1) is 0 Å². The van der Waals surface area contributed by atoms with Crippen LogP contribution in [0.2, 0.25) is 0 Å². The summed E-state index contributed by atoms with van der Waals surface area (Å²) in [6.07, 6.45) is 3.19. The number of carbonyl (C=O) groups excluding carboxylic acids is 1. The average molecular weight is 448 g/mol. The van der Waals surface area contributed by atoms with Gasteiger partial charge in [0.2, 0.25) is 5.91 Å². The third kappa shape index (κ3) is 4.67. The SMILES string of the molecule is CCOc1ccc(-c2cc3c(=O)n(CC(=O)Nc4ccc(OC)c(OC)c4)ccn3n2)cc1. The molecule has 0 radical (unpaired) electrons. The standard InChI is InChI=1S/C24H24N4O5/c1-4-33-18-8-5-16(6-9-18)19-14-20-24(30)27(11-12-28(20)26-19)15-23(29)25-17-7-10-21(31-2)22(13-17)32-3/h5-14H,4,15H2,1-3H3,(H,25,29). The fourth-order valence-corrected chi connectivity index (χ4v) is 3.45. The lowest BCUT2D eigenvalue weighted by Crippen LogP contribution is -2.28. The highest BCUT2D eigenvalue weighted by atomic mass is 16.5. The number of anilines is 1. The van der Waals surface area contributed by atoms with Crippen LogP contribution < -0.4 is 25.1 Å². The lowest BCUT2D eigenvalue weighted by Gasteiger charge is -2.11. The van der Waals surface area contributed by atoms with Gasteiger partial charge < -0.3 is 24.1 Å². The zero-order valence-electron chi connectivity index (χ0n) is 18.6. The van der Waals surface area contributed by atoms with E-state index in [1.54, 1.807) is 36.7 Å². The highest BCUT2D eigenvalue weighted by molar-refractivity contribution is 5.91. The number of hydrogen-bond donors (Lipinski definition) is 1. The molecule has 0 saturated heterocycles. The van der Waals surface area contributed by atoms with Crippen molar-refractivity contribution in [2.45, 2.75) is 13.5 Å². The number of fused-ring (bicyclic) bond motifs is 1. The number of nitrogens with zero attached hydrogens (tertiary/aromatic N) is 3. The maximum atomic E-state index is 12.9. The summed E-state index contributed by atoms with van der Waals surface area (Å²) in [6, 6.07) is 14.3. The second kappa shape index (κ2) is 9.47. The van der Waals surface area contributed by atoms with E-state index in [0.29, 0.717) is 35.0 Å². The first-order chi connectivity index (χ1) is 16.0. The Bertz CT molecular complexity index is 1340. The predicted octanol–water partition coefficient (Wildman–Crippen LogP) is 3.22. The van der Waals surface area contributed by atoms with E-state index in [4.69, 9.17) is 14.2 Å². The van der Waals surface area contributed by atoms with E-state index in [1.165, 1.54) is 23.3 Å². The molecular weight excluding hydrogens is 424 g/mol. The Kier molecular flexibility index (Phi) is 6.30. The third-order valence-electron chi connectivity index (χ3n) is 5.05. The van der Waals surface area contributed by atoms with Gasteiger partial charge in [0.25, 0.3) is 5.56 Å². The molecule has 2 aromatic carbocycles. The van der Waals surface area contributed by atoms with Crippen LogP contribution in [0, 0.1) is 0 Å². The summed E-state index contributed by atoms with van der Waals surface area (Å²) < 4.78 is 18.8. The lowest BCUT2D eigenvalue weighted by molar-refractivity contribution is -0.116. The molecule has 0 unspecified atom stereocenters. The number of methoxy groups -OCH3 is 2. The molecule has 0 aliphatic carbocycles. The number of benzene rings is 2. The first-order valence-electron chi connectivity index (χ1n) is 10.4. The molecule has 2 aromatic heterocycles. The summed E-state index contributed by atoms with van der Waals surface area (Å²) in [4.78, 5) is 25.5. The quantitative estimate of drug-likeness (QED) is 0.445. The van der Waals surface area contributed by atoms with Crippen molar-refractivity contribution in [3.05, 3.63) is 71.3 Å². The molecule has 0 bridgehead atoms. The van der Waals surface area contributed by atoms with Crippen molar-refractivity contribution in [3.8, 4) is 28.5 Å². The van der Waals surface area contributed by atoms with Gasteiger partial charge in [-0.2, -0.15) is 5.10 Å². The summed E-state index contributed by atoms with van der Waals surface area (Å²) in [5.41, 5.74) is 2.11. The molecule has 0 saturated carbocycles. The van der Waals surface area contributed by atoms with Gasteiger partial charge in [-0.25, -0.2) is 4.52 Å². The zero-order valence-corrected chi connectivity index (χ0v) is 18.6. The van der Waals surface area contributed by atoms with Gasteiger partial charge in [-0.05, 0) is 49.4 Å². The summed E-state index contributed by atoms with van der Waals surface area (Å²) in [7, 11) is 3.06. The van der Waals surface area contributed by atoms with Crippen LogP contribution in [-0.4, -0.2) is 40.9 Å². The van der Waals surface area contributed by atoms with Gasteiger partial charge in [-0.1, -0.05) is 0 Å². The number of amides is 1. The van der Waals surface area contributed by atoms with Crippen LogP contribution in [0.4, 0.5) is 5.69 Å². The number of nitrogens with one attached hydrogen (secondary N) is 1. The Morgan fingerprint density at radius 1 is 1.00 bits per heavy atom. The smallest absolute Gasteiger partial charge is 0.277 e. The van der Waals surface area contributed by atoms with E-state index in [9.17, 15) is 9.59 Å². The highest BCUT2D eigenvalue weighted by Gasteiger charge is 2.13. The Balaban J connectivity index is 1.53. The molecule has 9 heteroatoms. The maximum absolute atomic E-state index is 12.9. The number of aromatic nitrogens is 3. The molecule has 0 aliphatic rings. The molecule has 170 valence electrons. The molecule has 0 atom stereocenters. The Morgan fingerprint density at radius 2 is 1.76 bits per heavy atom. The van der Waals surface area contributed by atoms with Crippen molar-refractivity contribution < 1.29 is 19.0 Å². The zero-order chi connectivity index (χ0) is 23.4. The first-order valence-corrected chi connectivity index (χ1v) is 10.4. The van der Waals surface area contributed by atoms with Gasteiger partial charge in [0.15, 0.2) is 11.5 Å². The van der Waals surface area contributed by atoms with Crippen LogP contribution >= 0.6 is 0 Å². The summed E-state index contributed by atoms with van der Waals surface area (Å²) in [5.74, 6) is 1.48. The Labute approximate surface area is 190 Å². The fraction of sp³-hybridized carbons (Fsp3) is 0.208. The monoisotopic (exact) mass is 448 g/mol. The molecule has 33 heavy (non-hydrogen) atoms. The Hall–Kier alpha value is -4.27. The molecule has 0 aliphatic heterocycles. The van der Waals surface area contributed by atoms with Crippen molar-refractivity contribution in [2.75, 3.05) is 26.1 Å². The second-order valence-corrected chi connectivity index (χ2v) is 7.17. The first kappa shape index (κ1) is 21.9. The molecule has 9 nitrogen and oxygen atoms in total. The van der Waals surface area contributed by atoms with Crippen molar-refractivity contribution in [1.29, 1.82) is 0 Å². The minimum atomic E-state index is -0.347. The van der Waals surface area contributed by atoms with Crippen LogP contribution in [0.15, 0.2) is 65.7 Å². The summed E-state index contributed by atoms with van der Waals surface area (Å²) in [6.45, 7) is 2.37. The van der Waals surface area contributed by atoms with E-state index in [0.717, 1.165) is 11.3 Å². The van der Waals surface area contributed by atoms with E-state index in [1.807, 2.05) is 31.2 Å². The minimum Gasteiger partial charge on any atom is -0.494 e. The molecule has 2 heterocycles. The molecule has 1 amide bonds. The minimum absolute atomic E-state index is 0.146. The maximum Gasteiger partial charge on any atom is 0.277 e. The normalized spacial score (nSPS) is 10.8. The topological polar surface area (TPSA) is 96.1 Å². The lowest BCUT2D eigenvalue weighted by atomic mass is 10.1. The van der Waals surface area contributed by atoms with Gasteiger partial charge in [-0.3, -0.25) is 9.59 Å². The number of hydrogen-bond acceptors (Lipinski definition) is 6. The average Bonchev–Trinajstić information content (AvgIpc) is 3.27. The number of carbonyl (C=O) groups is 1. The number of rotatable bonds is 8. The van der Waals surface area contributed by atoms with Crippen molar-refractivity contribution in [3.63, 3.8) is 0 Å². The van der Waals surface area contributed by atoms with Gasteiger partial charge in [0, 0.05) is 29.7 Å². The van der Waals surface area contributed by atoms with E-state index in [-0.39, 0.29) is 18.0 Å². The van der Waals surface area contributed by atoms with E-state index < -0.39 is 0 Å². The van der Waals surface area contributed by atoms with Gasteiger partial charge in [0.1, 0.15) is 17.8 Å². The van der Waals surface area contributed by atoms with Gasteiger partial charge >= 0.3 is 0 Å². The summed E-state index contributed by atoms with van der Waals surface area (Å²) in [5, 5.41) is 7.25. The van der Waals surface area contributed by atoms with Crippen LogP contribution in [0.25, 0.3) is 16.8 Å². The molecule has 0 fully saturated rings. The Morgan fingerprint density at radius 3 is 2.45 bits per heavy atom. The van der Waals surface area contributed by atoms with E-state index in [2.05, 4.69) is 10.4 Å². The molecule has 0 spiro atoms. The van der Waals surface area contributed by atoms with E-state index >= 15 is 0 Å². The van der Waals surface area contributed by atoms with Crippen LogP contribution in [0.1, 0.15) is 6.92 Å². The van der Waals surface area contributed by atoms with Crippen LogP contribution in [-0.2, 0) is 11.3 Å². The molecule has 4 rings (SSSR count). The van der Waals surface area contributed by atoms with Crippen molar-refractivity contribution >= 4 is 17.1 Å². The summed E-state index contributed by atoms with van der Waals surface area (Å²) >= 11 is 0. The highest BCUT2D eigenvalue weighted by Crippen LogP contribution is 2.29. The third-order valence-corrected chi connectivity index (χ3v) is 5.05. The van der Waals surface area contributed by atoms with Crippen molar-refractivity contribution in [1.82, 2.24) is 14.2 Å². The fourth-order valence-electron chi connectivity index (χ4n) is 3.45. The number of ether oxygens (including phenoxy) is 3. The largest absolute Gasteiger partial charge is 0.494 e. The molecule has 1 N–H and O–H groups in total. The molecular formula is C24H24N4O5. The van der Waals surface area contributed by atoms with Gasteiger partial charge in [0.05, 0.1) is 26.5 Å². The second-order valence-electron chi connectivity index (χ2n) is 7.17. The van der Waals surface area contributed by atoms with Crippen molar-refractivity contribution in [2.24, 2.45) is 0 Å². The van der Waals surface area contributed by atoms with Crippen LogP contribution in [0.3, 0.4) is 0 Å². The molecule has 4 aromatic rings. The predicted molar refractivity (Wildman–Crippen MR) is 124 cm³/mol. The van der Waals surface area contributed by atoms with Crippen LogP contribution in [0.5, 0.6) is 17.2 Å².